The van der Waals surface area contributed by atoms with Gasteiger partial charge in [0.1, 0.15) is 18.9 Å². The highest BCUT2D eigenvalue weighted by Crippen LogP contribution is 2.30. The smallest absolute Gasteiger partial charge is 0.173 e. The summed E-state index contributed by atoms with van der Waals surface area (Å²) in [5.74, 6) is 0. The quantitative estimate of drug-likeness (QED) is 0.530. The van der Waals surface area contributed by atoms with E-state index in [1.54, 1.807) is 0 Å². The highest BCUT2D eigenvalue weighted by molar-refractivity contribution is 7.17. The van der Waals surface area contributed by atoms with Crippen LogP contribution in [-0.4, -0.2) is 29.3 Å². The molecular formula is C13H19N2S+. The van der Waals surface area contributed by atoms with Crippen LogP contribution in [0.4, 0.5) is 0 Å². The molecule has 0 aliphatic carbocycles. The lowest BCUT2D eigenvalue weighted by Gasteiger charge is -1.96. The zero-order valence-corrected chi connectivity index (χ0v) is 11.7. The number of nitrogens with zero attached hydrogens (tertiary/aromatic N) is 2. The van der Waals surface area contributed by atoms with Crippen molar-refractivity contribution in [2.45, 2.75) is 27.7 Å². The predicted octanol–water partition coefficient (Wildman–Crippen LogP) is 2.93. The van der Waals surface area contributed by atoms with Gasteiger partial charge in [0.05, 0.1) is 5.56 Å². The van der Waals surface area contributed by atoms with E-state index in [9.17, 15) is 0 Å². The number of thiazole rings is 1. The second kappa shape index (κ2) is 3.74. The Morgan fingerprint density at radius 1 is 1.06 bits per heavy atom. The van der Waals surface area contributed by atoms with E-state index in [4.69, 9.17) is 0 Å². The minimum absolute atomic E-state index is 1.36. The summed E-state index contributed by atoms with van der Waals surface area (Å²) in [4.78, 5) is 2.78. The van der Waals surface area contributed by atoms with Crippen molar-refractivity contribution in [2.24, 2.45) is 0 Å². The lowest BCUT2D eigenvalue weighted by molar-refractivity contribution is -0.458. The summed E-state index contributed by atoms with van der Waals surface area (Å²) in [7, 11) is 4.15. The normalized spacial score (nSPS) is 11.1. The largest absolute Gasteiger partial charge is 0.308 e. The summed E-state index contributed by atoms with van der Waals surface area (Å²) < 4.78 is 4.50. The summed E-state index contributed by atoms with van der Waals surface area (Å²) in [6.07, 6.45) is 2.22. The maximum atomic E-state index is 2.38. The van der Waals surface area contributed by atoms with Gasteiger partial charge < -0.3 is 4.40 Å². The third kappa shape index (κ3) is 1.50. The highest BCUT2D eigenvalue weighted by Gasteiger charge is 2.17. The molecule has 0 bridgehead atoms. The van der Waals surface area contributed by atoms with E-state index in [-0.39, 0.29) is 0 Å². The second-order valence-corrected chi connectivity index (χ2v) is 5.80. The molecule has 0 spiro atoms. The Morgan fingerprint density at radius 3 is 2.25 bits per heavy atom. The summed E-state index contributed by atoms with van der Waals surface area (Å²) >= 11 is 1.89. The lowest BCUT2D eigenvalue weighted by Crippen LogP contribution is -2.00. The molecule has 0 fully saturated rings. The molecule has 2 aromatic heterocycles. The molecular weight excluding hydrogens is 216 g/mol. The fraction of sp³-hybridized carbons (Fsp3) is 0.462. The fourth-order valence-corrected chi connectivity index (χ4v) is 3.30. The van der Waals surface area contributed by atoms with Crippen LogP contribution < -0.4 is 0 Å². The van der Waals surface area contributed by atoms with Crippen molar-refractivity contribution in [3.05, 3.63) is 27.4 Å². The van der Waals surface area contributed by atoms with Gasteiger partial charge in [-0.1, -0.05) is 0 Å². The van der Waals surface area contributed by atoms with Gasteiger partial charge in [0.15, 0.2) is 6.21 Å². The third-order valence-electron chi connectivity index (χ3n) is 3.20. The van der Waals surface area contributed by atoms with Gasteiger partial charge in [-0.25, -0.2) is 4.58 Å². The topological polar surface area (TPSA) is 7.42 Å². The van der Waals surface area contributed by atoms with Gasteiger partial charge in [0.25, 0.3) is 0 Å². The van der Waals surface area contributed by atoms with E-state index in [0.29, 0.717) is 0 Å². The van der Waals surface area contributed by atoms with Crippen LogP contribution in [0.15, 0.2) is 0 Å². The molecule has 86 valence electrons. The van der Waals surface area contributed by atoms with Gasteiger partial charge in [-0.3, -0.25) is 0 Å². The standard InChI is InChI=1S/C13H19N2S/c1-8-9(2)15-10(3)11(4)16-13(15)12(8)7-14(5)6/h7H,1-6H3/q+1. The molecule has 0 aromatic carbocycles. The molecule has 2 aromatic rings. The first-order valence-corrected chi connectivity index (χ1v) is 6.34. The van der Waals surface area contributed by atoms with Gasteiger partial charge in [-0.2, -0.15) is 0 Å². The van der Waals surface area contributed by atoms with E-state index in [2.05, 4.69) is 57.0 Å². The Labute approximate surface area is 101 Å². The predicted molar refractivity (Wildman–Crippen MR) is 71.5 cm³/mol. The average molecular weight is 235 g/mol. The molecule has 0 aliphatic rings. The minimum atomic E-state index is 1.36. The van der Waals surface area contributed by atoms with Crippen molar-refractivity contribution in [3.8, 4) is 0 Å². The molecule has 0 aliphatic heterocycles. The van der Waals surface area contributed by atoms with Crippen LogP contribution in [0.2, 0.25) is 0 Å². The Morgan fingerprint density at radius 2 is 1.69 bits per heavy atom. The maximum absolute atomic E-state index is 2.38. The van der Waals surface area contributed by atoms with Crippen molar-refractivity contribution >= 4 is 22.4 Å². The Bertz CT molecular complexity index is 581. The van der Waals surface area contributed by atoms with E-state index in [0.717, 1.165) is 0 Å². The molecule has 2 heterocycles. The van der Waals surface area contributed by atoms with E-state index < -0.39 is 0 Å². The molecule has 0 amide bonds. The lowest BCUT2D eigenvalue weighted by atomic mass is 10.2. The number of rotatable bonds is 1. The molecule has 0 saturated carbocycles. The monoisotopic (exact) mass is 235 g/mol. The van der Waals surface area contributed by atoms with Gasteiger partial charge in [-0.15, -0.1) is 11.3 Å². The SMILES string of the molecule is Cc1sc2c(C=[N+](C)C)c(C)c(C)n2c1C. The van der Waals surface area contributed by atoms with Crippen molar-refractivity contribution in [2.75, 3.05) is 14.1 Å². The molecule has 0 atom stereocenters. The molecule has 0 unspecified atom stereocenters. The summed E-state index contributed by atoms with van der Waals surface area (Å²) in [6.45, 7) is 8.81. The fourth-order valence-electron chi connectivity index (χ4n) is 2.09. The zero-order chi connectivity index (χ0) is 12.0. The summed E-state index contributed by atoms with van der Waals surface area (Å²) in [5, 5.41) is 0. The highest BCUT2D eigenvalue weighted by atomic mass is 32.1. The van der Waals surface area contributed by atoms with E-state index in [1.807, 2.05) is 11.3 Å². The van der Waals surface area contributed by atoms with Crippen molar-refractivity contribution in [1.29, 1.82) is 0 Å². The van der Waals surface area contributed by atoms with Crippen LogP contribution in [0, 0.1) is 27.7 Å². The summed E-state index contributed by atoms with van der Waals surface area (Å²) in [5.41, 5.74) is 5.50. The second-order valence-electron chi connectivity index (χ2n) is 4.60. The Hall–Kier alpha value is -1.09. The van der Waals surface area contributed by atoms with Gasteiger partial charge in [0.2, 0.25) is 0 Å². The zero-order valence-electron chi connectivity index (χ0n) is 10.9. The van der Waals surface area contributed by atoms with Gasteiger partial charge in [-0.05, 0) is 33.3 Å². The maximum Gasteiger partial charge on any atom is 0.173 e. The first-order valence-electron chi connectivity index (χ1n) is 5.52. The van der Waals surface area contributed by atoms with Gasteiger partial charge >= 0.3 is 0 Å². The first kappa shape index (κ1) is 11.4. The Kier molecular flexibility index (Phi) is 2.66. The van der Waals surface area contributed by atoms with Crippen molar-refractivity contribution in [3.63, 3.8) is 0 Å². The molecule has 0 radical (unpaired) electrons. The van der Waals surface area contributed by atoms with Crippen LogP contribution >= 0.6 is 11.3 Å². The third-order valence-corrected chi connectivity index (χ3v) is 4.40. The molecule has 0 N–H and O–H groups in total. The molecule has 2 nitrogen and oxygen atoms in total. The number of hydrogen-bond donors (Lipinski definition) is 0. The van der Waals surface area contributed by atoms with Gasteiger partial charge in [0, 0.05) is 16.3 Å². The number of fused-ring (bicyclic) bond motifs is 1. The van der Waals surface area contributed by atoms with Crippen LogP contribution in [0.5, 0.6) is 0 Å². The minimum Gasteiger partial charge on any atom is -0.308 e. The van der Waals surface area contributed by atoms with Crippen molar-refractivity contribution in [1.82, 2.24) is 4.40 Å². The van der Waals surface area contributed by atoms with Crippen LogP contribution in [-0.2, 0) is 0 Å². The van der Waals surface area contributed by atoms with Crippen LogP contribution in [0.3, 0.4) is 0 Å². The van der Waals surface area contributed by atoms with Crippen molar-refractivity contribution < 1.29 is 4.58 Å². The molecule has 16 heavy (non-hydrogen) atoms. The number of aromatic nitrogens is 1. The Balaban J connectivity index is 2.88. The number of aryl methyl sites for hydroxylation is 3. The van der Waals surface area contributed by atoms with Crippen LogP contribution in [0.1, 0.15) is 27.4 Å². The summed E-state index contributed by atoms with van der Waals surface area (Å²) in [6, 6.07) is 0. The average Bonchev–Trinajstić information content (AvgIpc) is 2.59. The van der Waals surface area contributed by atoms with E-state index >= 15 is 0 Å². The van der Waals surface area contributed by atoms with Crippen LogP contribution in [0.25, 0.3) is 4.83 Å². The molecule has 2 rings (SSSR count). The first-order chi connectivity index (χ1) is 7.43. The molecule has 0 saturated heterocycles. The van der Waals surface area contributed by atoms with E-state index in [1.165, 1.54) is 32.2 Å². The number of hydrogen-bond acceptors (Lipinski definition) is 1. The molecule has 3 heteroatoms.